The van der Waals surface area contributed by atoms with Crippen molar-refractivity contribution in [2.24, 2.45) is 0 Å². The van der Waals surface area contributed by atoms with E-state index in [4.69, 9.17) is 5.73 Å². The number of rotatable bonds is 4. The summed E-state index contributed by atoms with van der Waals surface area (Å²) < 4.78 is 1.75. The molecule has 0 unspecified atom stereocenters. The maximum atomic E-state index is 12.8. The second-order valence-corrected chi connectivity index (χ2v) is 7.61. The fourth-order valence-electron chi connectivity index (χ4n) is 4.09. The van der Waals surface area contributed by atoms with Crippen molar-refractivity contribution < 1.29 is 0 Å². The van der Waals surface area contributed by atoms with E-state index in [2.05, 4.69) is 20.3 Å². The zero-order valence-corrected chi connectivity index (χ0v) is 16.5. The minimum absolute atomic E-state index is 0.134. The van der Waals surface area contributed by atoms with Crippen LogP contribution in [-0.2, 0) is 0 Å². The van der Waals surface area contributed by atoms with Crippen molar-refractivity contribution in [3.8, 4) is 11.1 Å². The first-order chi connectivity index (χ1) is 14.7. The van der Waals surface area contributed by atoms with Gasteiger partial charge in [0.15, 0.2) is 0 Å². The van der Waals surface area contributed by atoms with Gasteiger partial charge >= 0.3 is 0 Å². The molecule has 3 heterocycles. The molecule has 30 heavy (non-hydrogen) atoms. The lowest BCUT2D eigenvalue weighted by Gasteiger charge is -2.17. The van der Waals surface area contributed by atoms with Gasteiger partial charge in [-0.25, -0.2) is 9.97 Å². The van der Waals surface area contributed by atoms with Gasteiger partial charge in [-0.15, -0.1) is 0 Å². The molecule has 150 valence electrons. The van der Waals surface area contributed by atoms with Crippen LogP contribution in [0.15, 0.2) is 65.7 Å². The summed E-state index contributed by atoms with van der Waals surface area (Å²) in [4.78, 5) is 26.3. The molecule has 0 atom stereocenters. The standard InChI is InChI=1S/C23H22N6O/c24-19-12-17-14-26-23(28-21(17)29(22(19)30)18-8-4-5-9-18)27-20-11-10-16(13-25-20)15-6-2-1-3-7-15/h1-3,6-7,10-14,18H,4-5,8-9,24H2,(H,25,26,27,28). The SMILES string of the molecule is Nc1cc2cnc(Nc3ccc(-c4ccccc4)cn3)nc2n(C2CCCC2)c1=O. The number of nitrogens with one attached hydrogen (secondary N) is 1. The molecule has 1 fully saturated rings. The third-order valence-electron chi connectivity index (χ3n) is 5.60. The topological polar surface area (TPSA) is 98.7 Å². The zero-order chi connectivity index (χ0) is 20.5. The summed E-state index contributed by atoms with van der Waals surface area (Å²) in [6.45, 7) is 0. The van der Waals surface area contributed by atoms with Gasteiger partial charge in [-0.3, -0.25) is 9.36 Å². The van der Waals surface area contributed by atoms with E-state index in [0.717, 1.165) is 42.2 Å². The minimum Gasteiger partial charge on any atom is -0.394 e. The minimum atomic E-state index is -0.176. The lowest BCUT2D eigenvalue weighted by Crippen LogP contribution is -2.27. The van der Waals surface area contributed by atoms with E-state index in [1.54, 1.807) is 16.8 Å². The molecule has 0 spiro atoms. The Hall–Kier alpha value is -3.74. The largest absolute Gasteiger partial charge is 0.394 e. The van der Waals surface area contributed by atoms with Crippen LogP contribution in [0.5, 0.6) is 0 Å². The van der Waals surface area contributed by atoms with Crippen LogP contribution >= 0.6 is 0 Å². The predicted octanol–water partition coefficient (Wildman–Crippen LogP) is 4.29. The maximum absolute atomic E-state index is 12.8. The quantitative estimate of drug-likeness (QED) is 0.532. The van der Waals surface area contributed by atoms with Gasteiger partial charge < -0.3 is 11.1 Å². The van der Waals surface area contributed by atoms with Crippen LogP contribution in [0.2, 0.25) is 0 Å². The summed E-state index contributed by atoms with van der Waals surface area (Å²) in [5.74, 6) is 1.04. The van der Waals surface area contributed by atoms with Gasteiger partial charge in [0.25, 0.3) is 5.56 Å². The average Bonchev–Trinajstić information content (AvgIpc) is 3.30. The molecule has 0 amide bonds. The number of aromatic nitrogens is 4. The second kappa shape index (κ2) is 7.59. The van der Waals surface area contributed by atoms with Crippen LogP contribution in [0.1, 0.15) is 31.7 Å². The number of pyridine rings is 2. The highest BCUT2D eigenvalue weighted by Crippen LogP contribution is 2.31. The summed E-state index contributed by atoms with van der Waals surface area (Å²) in [5.41, 5.74) is 8.77. The van der Waals surface area contributed by atoms with E-state index in [9.17, 15) is 4.79 Å². The summed E-state index contributed by atoms with van der Waals surface area (Å²) in [7, 11) is 0. The van der Waals surface area contributed by atoms with Crippen LogP contribution < -0.4 is 16.6 Å². The van der Waals surface area contributed by atoms with Gasteiger partial charge in [-0.1, -0.05) is 43.2 Å². The molecule has 1 aliphatic rings. The Kier molecular flexibility index (Phi) is 4.63. The first-order valence-electron chi connectivity index (χ1n) is 10.2. The van der Waals surface area contributed by atoms with E-state index in [0.29, 0.717) is 17.4 Å². The molecule has 7 nitrogen and oxygen atoms in total. The molecule has 4 aromatic rings. The Morgan fingerprint density at radius 3 is 2.50 bits per heavy atom. The van der Waals surface area contributed by atoms with Gasteiger partial charge in [-0.2, -0.15) is 4.98 Å². The molecule has 0 aliphatic heterocycles. The number of hydrogen-bond acceptors (Lipinski definition) is 6. The smallest absolute Gasteiger partial charge is 0.275 e. The Bertz CT molecular complexity index is 1240. The Labute approximate surface area is 173 Å². The van der Waals surface area contributed by atoms with Crippen molar-refractivity contribution in [3.05, 3.63) is 71.3 Å². The van der Waals surface area contributed by atoms with Crippen LogP contribution in [0, 0.1) is 0 Å². The number of anilines is 3. The normalized spacial score (nSPS) is 14.3. The summed E-state index contributed by atoms with van der Waals surface area (Å²) in [6.07, 6.45) is 7.67. The molecule has 3 N–H and O–H groups in total. The molecule has 5 rings (SSSR count). The van der Waals surface area contributed by atoms with Crippen LogP contribution in [0.4, 0.5) is 17.5 Å². The third kappa shape index (κ3) is 3.39. The number of nitrogens with two attached hydrogens (primary N) is 1. The van der Waals surface area contributed by atoms with Crippen LogP contribution in [-0.4, -0.2) is 19.5 Å². The lowest BCUT2D eigenvalue weighted by atomic mass is 10.1. The van der Waals surface area contributed by atoms with Crippen LogP contribution in [0.3, 0.4) is 0 Å². The van der Waals surface area contributed by atoms with Crippen molar-refractivity contribution in [3.63, 3.8) is 0 Å². The van der Waals surface area contributed by atoms with Gasteiger partial charge in [0.2, 0.25) is 5.95 Å². The summed E-state index contributed by atoms with van der Waals surface area (Å²) in [6, 6.07) is 15.8. The first-order valence-corrected chi connectivity index (χ1v) is 10.2. The van der Waals surface area contributed by atoms with Gasteiger partial charge in [0.05, 0.1) is 5.69 Å². The first kappa shape index (κ1) is 18.3. The fraction of sp³-hybridized carbons (Fsp3) is 0.217. The molecular weight excluding hydrogens is 376 g/mol. The van der Waals surface area contributed by atoms with E-state index in [1.165, 1.54) is 0 Å². The van der Waals surface area contributed by atoms with Crippen molar-refractivity contribution >= 4 is 28.5 Å². The Balaban J connectivity index is 1.48. The Morgan fingerprint density at radius 2 is 1.77 bits per heavy atom. The van der Waals surface area contributed by atoms with Crippen LogP contribution in [0.25, 0.3) is 22.2 Å². The maximum Gasteiger partial charge on any atom is 0.275 e. The lowest BCUT2D eigenvalue weighted by molar-refractivity contribution is 0.517. The number of nitrogen functional groups attached to an aromatic ring is 1. The molecule has 7 heteroatoms. The zero-order valence-electron chi connectivity index (χ0n) is 16.5. The monoisotopic (exact) mass is 398 g/mol. The molecule has 3 aromatic heterocycles. The average molecular weight is 398 g/mol. The summed E-state index contributed by atoms with van der Waals surface area (Å²) >= 11 is 0. The summed E-state index contributed by atoms with van der Waals surface area (Å²) in [5, 5.41) is 3.91. The van der Waals surface area contributed by atoms with Gasteiger partial charge in [0, 0.05) is 29.4 Å². The van der Waals surface area contributed by atoms with E-state index < -0.39 is 0 Å². The third-order valence-corrected chi connectivity index (χ3v) is 5.60. The van der Waals surface area contributed by atoms with Crippen molar-refractivity contribution in [1.29, 1.82) is 0 Å². The molecule has 0 bridgehead atoms. The van der Waals surface area contributed by atoms with Crippen molar-refractivity contribution in [2.75, 3.05) is 11.1 Å². The number of hydrogen-bond donors (Lipinski definition) is 2. The number of fused-ring (bicyclic) bond motifs is 1. The van der Waals surface area contributed by atoms with Crippen molar-refractivity contribution in [2.45, 2.75) is 31.7 Å². The molecular formula is C23H22N6O. The molecule has 0 saturated heterocycles. The van der Waals surface area contributed by atoms with Gasteiger partial charge in [-0.05, 0) is 36.6 Å². The highest BCUT2D eigenvalue weighted by Gasteiger charge is 2.22. The highest BCUT2D eigenvalue weighted by atomic mass is 16.1. The molecule has 1 saturated carbocycles. The highest BCUT2D eigenvalue weighted by molar-refractivity contribution is 5.79. The second-order valence-electron chi connectivity index (χ2n) is 7.61. The van der Waals surface area contributed by atoms with Gasteiger partial charge in [0.1, 0.15) is 11.5 Å². The van der Waals surface area contributed by atoms with E-state index in [1.807, 2.05) is 48.7 Å². The fourth-order valence-corrected chi connectivity index (χ4v) is 4.09. The molecule has 1 aromatic carbocycles. The Morgan fingerprint density at radius 1 is 0.967 bits per heavy atom. The number of benzene rings is 1. The molecule has 1 aliphatic carbocycles. The van der Waals surface area contributed by atoms with E-state index >= 15 is 0 Å². The predicted molar refractivity (Wildman–Crippen MR) is 119 cm³/mol. The van der Waals surface area contributed by atoms with Crippen molar-refractivity contribution in [1.82, 2.24) is 19.5 Å². The molecule has 0 radical (unpaired) electrons. The van der Waals surface area contributed by atoms with E-state index in [-0.39, 0.29) is 17.3 Å². The number of nitrogens with zero attached hydrogens (tertiary/aromatic N) is 4.